The number of carbonyl (C=O) groups excluding carboxylic acids is 1. The van der Waals surface area contributed by atoms with Crippen LogP contribution in [0, 0.1) is 5.92 Å². The van der Waals surface area contributed by atoms with Crippen molar-refractivity contribution in [3.05, 3.63) is 23.8 Å². The number of benzene rings is 1. The van der Waals surface area contributed by atoms with E-state index in [1.165, 1.54) is 0 Å². The van der Waals surface area contributed by atoms with Crippen LogP contribution in [-0.2, 0) is 4.79 Å². The van der Waals surface area contributed by atoms with Crippen LogP contribution in [0.15, 0.2) is 18.2 Å². The Morgan fingerprint density at radius 1 is 1.40 bits per heavy atom. The van der Waals surface area contributed by atoms with Crippen LogP contribution in [0.25, 0.3) is 0 Å². The van der Waals surface area contributed by atoms with Crippen LogP contribution < -0.4 is 20.5 Å². The molecule has 5 nitrogen and oxygen atoms in total. The molecule has 0 saturated carbocycles. The summed E-state index contributed by atoms with van der Waals surface area (Å²) in [4.78, 5) is 12.0. The molecule has 110 valence electrons. The molecule has 1 amide bonds. The zero-order valence-electron chi connectivity index (χ0n) is 12.0. The average Bonchev–Trinajstić information content (AvgIpc) is 2.91. The van der Waals surface area contributed by atoms with E-state index in [-0.39, 0.29) is 24.7 Å². The van der Waals surface area contributed by atoms with Crippen molar-refractivity contribution in [2.75, 3.05) is 13.3 Å². The standard InChI is InChI=1S/C15H22N2O3/c1-3-11(8-16)6-15(18)17-10(2)12-4-5-13-14(7-12)20-9-19-13/h4-5,7,10-11H,3,6,8-9,16H2,1-2H3,(H,17,18). The van der Waals surface area contributed by atoms with E-state index in [9.17, 15) is 4.79 Å². The second kappa shape index (κ2) is 6.61. The van der Waals surface area contributed by atoms with Gasteiger partial charge in [-0.25, -0.2) is 0 Å². The fourth-order valence-electron chi connectivity index (χ4n) is 2.22. The predicted molar refractivity (Wildman–Crippen MR) is 76.6 cm³/mol. The molecule has 1 aliphatic rings. The van der Waals surface area contributed by atoms with Crippen LogP contribution in [0.3, 0.4) is 0 Å². The highest BCUT2D eigenvalue weighted by molar-refractivity contribution is 5.76. The maximum Gasteiger partial charge on any atom is 0.231 e. The first-order chi connectivity index (χ1) is 9.63. The largest absolute Gasteiger partial charge is 0.454 e. The van der Waals surface area contributed by atoms with Crippen LogP contribution in [0.5, 0.6) is 11.5 Å². The second-order valence-electron chi connectivity index (χ2n) is 5.12. The van der Waals surface area contributed by atoms with Crippen LogP contribution in [-0.4, -0.2) is 19.2 Å². The Balaban J connectivity index is 1.94. The van der Waals surface area contributed by atoms with Crippen molar-refractivity contribution in [1.29, 1.82) is 0 Å². The maximum absolute atomic E-state index is 12.0. The Bertz CT molecular complexity index is 472. The van der Waals surface area contributed by atoms with Crippen LogP contribution in [0.4, 0.5) is 0 Å². The van der Waals surface area contributed by atoms with Gasteiger partial charge in [-0.3, -0.25) is 4.79 Å². The third-order valence-corrected chi connectivity index (χ3v) is 3.66. The van der Waals surface area contributed by atoms with E-state index in [0.29, 0.717) is 13.0 Å². The maximum atomic E-state index is 12.0. The molecule has 1 aromatic carbocycles. The summed E-state index contributed by atoms with van der Waals surface area (Å²) in [6.07, 6.45) is 1.39. The van der Waals surface area contributed by atoms with E-state index in [4.69, 9.17) is 15.2 Å². The number of fused-ring (bicyclic) bond motifs is 1. The number of nitrogens with two attached hydrogens (primary N) is 1. The fraction of sp³-hybridized carbons (Fsp3) is 0.533. The van der Waals surface area contributed by atoms with Gasteiger partial charge in [-0.05, 0) is 37.1 Å². The van der Waals surface area contributed by atoms with Gasteiger partial charge in [0.1, 0.15) is 0 Å². The molecule has 2 atom stereocenters. The van der Waals surface area contributed by atoms with Crippen molar-refractivity contribution < 1.29 is 14.3 Å². The molecule has 3 N–H and O–H groups in total. The SMILES string of the molecule is CCC(CN)CC(=O)NC(C)c1ccc2c(c1)OCO2. The summed E-state index contributed by atoms with van der Waals surface area (Å²) in [6.45, 7) is 4.81. The highest BCUT2D eigenvalue weighted by Gasteiger charge is 2.17. The molecular weight excluding hydrogens is 256 g/mol. The van der Waals surface area contributed by atoms with E-state index in [0.717, 1.165) is 23.5 Å². The number of hydrogen-bond donors (Lipinski definition) is 2. The van der Waals surface area contributed by atoms with E-state index < -0.39 is 0 Å². The number of rotatable bonds is 6. The Hall–Kier alpha value is -1.75. The van der Waals surface area contributed by atoms with Crippen LogP contribution in [0.1, 0.15) is 38.3 Å². The summed E-state index contributed by atoms with van der Waals surface area (Å²) in [7, 11) is 0. The molecule has 0 spiro atoms. The van der Waals surface area contributed by atoms with Gasteiger partial charge >= 0.3 is 0 Å². The van der Waals surface area contributed by atoms with E-state index in [1.807, 2.05) is 32.0 Å². The van der Waals surface area contributed by atoms with Gasteiger partial charge in [0.05, 0.1) is 6.04 Å². The number of ether oxygens (including phenoxy) is 2. The molecular formula is C15H22N2O3. The minimum absolute atomic E-state index is 0.0347. The third-order valence-electron chi connectivity index (χ3n) is 3.66. The summed E-state index contributed by atoms with van der Waals surface area (Å²) in [6, 6.07) is 5.66. The molecule has 0 fully saturated rings. The lowest BCUT2D eigenvalue weighted by atomic mass is 10.0. The lowest BCUT2D eigenvalue weighted by Gasteiger charge is -2.17. The van der Waals surface area contributed by atoms with Crippen molar-refractivity contribution in [2.45, 2.75) is 32.7 Å². The molecule has 1 aromatic rings. The van der Waals surface area contributed by atoms with Gasteiger partial charge in [-0.15, -0.1) is 0 Å². The van der Waals surface area contributed by atoms with E-state index in [1.54, 1.807) is 0 Å². The van der Waals surface area contributed by atoms with Gasteiger partial charge < -0.3 is 20.5 Å². The minimum atomic E-state index is -0.0627. The molecule has 0 bridgehead atoms. The topological polar surface area (TPSA) is 73.6 Å². The normalized spacial score (nSPS) is 15.8. The Morgan fingerprint density at radius 3 is 2.85 bits per heavy atom. The van der Waals surface area contributed by atoms with Crippen molar-refractivity contribution in [3.8, 4) is 11.5 Å². The van der Waals surface area contributed by atoms with Gasteiger partial charge in [0.2, 0.25) is 12.7 Å². The summed E-state index contributed by atoms with van der Waals surface area (Å²) in [5.41, 5.74) is 6.63. The number of nitrogens with one attached hydrogen (secondary N) is 1. The first kappa shape index (κ1) is 14.7. The lowest BCUT2D eigenvalue weighted by Crippen LogP contribution is -2.30. The molecule has 2 rings (SSSR count). The molecule has 1 heterocycles. The molecule has 20 heavy (non-hydrogen) atoms. The summed E-state index contributed by atoms with van der Waals surface area (Å²) < 4.78 is 10.6. The molecule has 0 saturated heterocycles. The van der Waals surface area contributed by atoms with Crippen molar-refractivity contribution in [1.82, 2.24) is 5.32 Å². The van der Waals surface area contributed by atoms with Crippen LogP contribution >= 0.6 is 0 Å². The highest BCUT2D eigenvalue weighted by atomic mass is 16.7. The molecule has 0 aromatic heterocycles. The van der Waals surface area contributed by atoms with Crippen molar-refractivity contribution in [2.24, 2.45) is 11.7 Å². The Kier molecular flexibility index (Phi) is 4.84. The molecule has 5 heteroatoms. The second-order valence-corrected chi connectivity index (χ2v) is 5.12. The first-order valence-corrected chi connectivity index (χ1v) is 7.03. The van der Waals surface area contributed by atoms with E-state index in [2.05, 4.69) is 5.32 Å². The molecule has 2 unspecified atom stereocenters. The minimum Gasteiger partial charge on any atom is -0.454 e. The molecule has 0 radical (unpaired) electrons. The number of hydrogen-bond acceptors (Lipinski definition) is 4. The predicted octanol–water partition coefficient (Wildman–Crippen LogP) is 1.97. The van der Waals surface area contributed by atoms with Crippen molar-refractivity contribution >= 4 is 5.91 Å². The van der Waals surface area contributed by atoms with Gasteiger partial charge in [0.25, 0.3) is 0 Å². The first-order valence-electron chi connectivity index (χ1n) is 7.03. The van der Waals surface area contributed by atoms with Gasteiger partial charge in [0.15, 0.2) is 11.5 Å². The molecule has 1 aliphatic heterocycles. The smallest absolute Gasteiger partial charge is 0.231 e. The summed E-state index contributed by atoms with van der Waals surface area (Å²) in [5, 5.41) is 3.00. The van der Waals surface area contributed by atoms with Gasteiger partial charge in [0, 0.05) is 6.42 Å². The third kappa shape index (κ3) is 3.42. The molecule has 0 aliphatic carbocycles. The zero-order chi connectivity index (χ0) is 14.5. The number of carbonyl (C=O) groups is 1. The Morgan fingerprint density at radius 2 is 2.15 bits per heavy atom. The average molecular weight is 278 g/mol. The summed E-state index contributed by atoms with van der Waals surface area (Å²) >= 11 is 0. The summed E-state index contributed by atoms with van der Waals surface area (Å²) in [5.74, 6) is 1.77. The lowest BCUT2D eigenvalue weighted by molar-refractivity contribution is -0.122. The van der Waals surface area contributed by atoms with Gasteiger partial charge in [-0.1, -0.05) is 19.4 Å². The van der Waals surface area contributed by atoms with Gasteiger partial charge in [-0.2, -0.15) is 0 Å². The Labute approximate surface area is 119 Å². The van der Waals surface area contributed by atoms with E-state index >= 15 is 0 Å². The monoisotopic (exact) mass is 278 g/mol. The zero-order valence-corrected chi connectivity index (χ0v) is 12.0. The van der Waals surface area contributed by atoms with Crippen molar-refractivity contribution in [3.63, 3.8) is 0 Å². The fourth-order valence-corrected chi connectivity index (χ4v) is 2.22. The quantitative estimate of drug-likeness (QED) is 0.834. The van der Waals surface area contributed by atoms with Crippen LogP contribution in [0.2, 0.25) is 0 Å². The number of amides is 1. The highest BCUT2D eigenvalue weighted by Crippen LogP contribution is 2.34.